The summed E-state index contributed by atoms with van der Waals surface area (Å²) in [5, 5.41) is 18.3. The first-order valence-corrected chi connectivity index (χ1v) is 6.11. The third-order valence-electron chi connectivity index (χ3n) is 2.80. The summed E-state index contributed by atoms with van der Waals surface area (Å²) in [6.45, 7) is 1.71. The molecular weight excluding hydrogens is 238 g/mol. The van der Waals surface area contributed by atoms with Gasteiger partial charge in [0.2, 0.25) is 0 Å². The Labute approximate surface area is 112 Å². The normalized spacial score (nSPS) is 11.6. The lowest BCUT2D eigenvalue weighted by molar-refractivity contribution is 0.195. The highest BCUT2D eigenvalue weighted by molar-refractivity contribution is 5.39. The van der Waals surface area contributed by atoms with Crippen LogP contribution in [-0.4, -0.2) is 5.11 Å². The molecule has 0 aromatic heterocycles. The predicted molar refractivity (Wildman–Crippen MR) is 72.9 cm³/mol. The fourth-order valence-corrected chi connectivity index (χ4v) is 1.81. The molecule has 96 valence electrons. The zero-order valence-corrected chi connectivity index (χ0v) is 10.7. The van der Waals surface area contributed by atoms with Crippen LogP contribution in [0.4, 0.5) is 0 Å². The molecule has 0 spiro atoms. The van der Waals surface area contributed by atoms with Crippen molar-refractivity contribution in [2.24, 2.45) is 0 Å². The molecular formula is C16H15NO2. The number of benzene rings is 2. The van der Waals surface area contributed by atoms with E-state index in [1.54, 1.807) is 6.92 Å². The van der Waals surface area contributed by atoms with Crippen molar-refractivity contribution < 1.29 is 9.84 Å². The van der Waals surface area contributed by atoms with Crippen LogP contribution in [0, 0.1) is 11.3 Å². The number of hydrogen-bond donors (Lipinski definition) is 1. The minimum absolute atomic E-state index is 0.393. The van der Waals surface area contributed by atoms with E-state index < -0.39 is 6.10 Å². The Morgan fingerprint density at radius 1 is 1.16 bits per heavy atom. The van der Waals surface area contributed by atoms with Gasteiger partial charge >= 0.3 is 0 Å². The molecule has 0 aliphatic heterocycles. The molecule has 0 saturated carbocycles. The van der Waals surface area contributed by atoms with Crippen LogP contribution in [0.1, 0.15) is 24.2 Å². The van der Waals surface area contributed by atoms with Gasteiger partial charge in [-0.05, 0) is 30.7 Å². The Morgan fingerprint density at radius 3 is 2.47 bits per heavy atom. The van der Waals surface area contributed by atoms with Gasteiger partial charge in [0.25, 0.3) is 0 Å². The van der Waals surface area contributed by atoms with Crippen LogP contribution in [0.3, 0.4) is 0 Å². The number of ether oxygens (including phenoxy) is 1. The molecule has 1 unspecified atom stereocenters. The Morgan fingerprint density at radius 2 is 1.84 bits per heavy atom. The zero-order chi connectivity index (χ0) is 13.7. The SMILES string of the molecule is CC(O)c1ccccc1Oc1ccc(CC#N)cc1. The number of nitrogens with zero attached hydrogens (tertiary/aromatic N) is 1. The maximum Gasteiger partial charge on any atom is 0.133 e. The second-order valence-corrected chi connectivity index (χ2v) is 4.29. The fraction of sp³-hybridized carbons (Fsp3) is 0.188. The molecule has 0 fully saturated rings. The summed E-state index contributed by atoms with van der Waals surface area (Å²) in [7, 11) is 0. The maximum atomic E-state index is 9.68. The summed E-state index contributed by atoms with van der Waals surface area (Å²) in [6.07, 6.45) is -0.182. The van der Waals surface area contributed by atoms with Crippen molar-refractivity contribution in [1.82, 2.24) is 0 Å². The zero-order valence-electron chi connectivity index (χ0n) is 10.7. The lowest BCUT2D eigenvalue weighted by Gasteiger charge is -2.13. The van der Waals surface area contributed by atoms with E-state index >= 15 is 0 Å². The highest BCUT2D eigenvalue weighted by Crippen LogP contribution is 2.29. The van der Waals surface area contributed by atoms with Gasteiger partial charge in [0.05, 0.1) is 18.6 Å². The van der Waals surface area contributed by atoms with Gasteiger partial charge in [0.15, 0.2) is 0 Å². The Bertz CT molecular complexity index is 582. The van der Waals surface area contributed by atoms with E-state index in [-0.39, 0.29) is 0 Å². The Hall–Kier alpha value is -2.31. The third kappa shape index (κ3) is 3.34. The van der Waals surface area contributed by atoms with Gasteiger partial charge in [0.1, 0.15) is 11.5 Å². The van der Waals surface area contributed by atoms with Crippen molar-refractivity contribution in [2.45, 2.75) is 19.4 Å². The molecule has 19 heavy (non-hydrogen) atoms. The lowest BCUT2D eigenvalue weighted by Crippen LogP contribution is -1.95. The molecule has 0 aliphatic rings. The van der Waals surface area contributed by atoms with E-state index in [0.29, 0.717) is 17.9 Å². The highest BCUT2D eigenvalue weighted by atomic mass is 16.5. The summed E-state index contributed by atoms with van der Waals surface area (Å²) < 4.78 is 5.76. The van der Waals surface area contributed by atoms with Gasteiger partial charge in [-0.1, -0.05) is 30.3 Å². The number of aliphatic hydroxyl groups is 1. The highest BCUT2D eigenvalue weighted by Gasteiger charge is 2.08. The summed E-state index contributed by atoms with van der Waals surface area (Å²) in [5.41, 5.74) is 1.71. The maximum absolute atomic E-state index is 9.68. The van der Waals surface area contributed by atoms with Crippen LogP contribution < -0.4 is 4.74 Å². The van der Waals surface area contributed by atoms with Crippen molar-refractivity contribution in [3.63, 3.8) is 0 Å². The van der Waals surface area contributed by atoms with Crippen molar-refractivity contribution in [3.8, 4) is 17.6 Å². The summed E-state index contributed by atoms with van der Waals surface area (Å²) in [6, 6.07) is 16.9. The van der Waals surface area contributed by atoms with Crippen LogP contribution in [0.25, 0.3) is 0 Å². The van der Waals surface area contributed by atoms with Gasteiger partial charge in [-0.2, -0.15) is 5.26 Å². The average Bonchev–Trinajstić information content (AvgIpc) is 2.42. The van der Waals surface area contributed by atoms with E-state index in [2.05, 4.69) is 6.07 Å². The largest absolute Gasteiger partial charge is 0.457 e. The van der Waals surface area contributed by atoms with E-state index in [0.717, 1.165) is 11.1 Å². The number of hydrogen-bond acceptors (Lipinski definition) is 3. The first kappa shape index (κ1) is 13.1. The summed E-state index contributed by atoms with van der Waals surface area (Å²) >= 11 is 0. The quantitative estimate of drug-likeness (QED) is 0.905. The van der Waals surface area contributed by atoms with Gasteiger partial charge < -0.3 is 9.84 Å². The molecule has 0 amide bonds. The molecule has 0 saturated heterocycles. The van der Waals surface area contributed by atoms with E-state index in [4.69, 9.17) is 10.00 Å². The van der Waals surface area contributed by atoms with Crippen LogP contribution in [0.5, 0.6) is 11.5 Å². The standard InChI is InChI=1S/C16H15NO2/c1-12(18)15-4-2-3-5-16(15)19-14-8-6-13(7-9-14)10-11-17/h2-9,12,18H,10H2,1H3. The first-order chi connectivity index (χ1) is 9.20. The Kier molecular flexibility index (Phi) is 4.17. The summed E-state index contributed by atoms with van der Waals surface area (Å²) in [4.78, 5) is 0. The molecule has 0 radical (unpaired) electrons. The molecule has 3 heteroatoms. The number of nitriles is 1. The van der Waals surface area contributed by atoms with Crippen LogP contribution in [0.2, 0.25) is 0 Å². The first-order valence-electron chi connectivity index (χ1n) is 6.11. The van der Waals surface area contributed by atoms with Crippen molar-refractivity contribution in [3.05, 3.63) is 59.7 Å². The molecule has 0 bridgehead atoms. The van der Waals surface area contributed by atoms with Crippen LogP contribution in [0.15, 0.2) is 48.5 Å². The molecule has 0 heterocycles. The minimum atomic E-state index is -0.575. The molecule has 2 aromatic carbocycles. The fourth-order valence-electron chi connectivity index (χ4n) is 1.81. The molecule has 1 atom stereocenters. The smallest absolute Gasteiger partial charge is 0.133 e. The van der Waals surface area contributed by atoms with E-state index in [1.807, 2.05) is 48.5 Å². The molecule has 2 rings (SSSR count). The topological polar surface area (TPSA) is 53.2 Å². The molecule has 0 aliphatic carbocycles. The van der Waals surface area contributed by atoms with Crippen molar-refractivity contribution >= 4 is 0 Å². The van der Waals surface area contributed by atoms with Crippen molar-refractivity contribution in [1.29, 1.82) is 5.26 Å². The lowest BCUT2D eigenvalue weighted by atomic mass is 10.1. The van der Waals surface area contributed by atoms with Crippen LogP contribution >= 0.6 is 0 Å². The number of rotatable bonds is 4. The van der Waals surface area contributed by atoms with Gasteiger partial charge in [-0.15, -0.1) is 0 Å². The van der Waals surface area contributed by atoms with E-state index in [9.17, 15) is 5.11 Å². The predicted octanol–water partition coefficient (Wildman–Crippen LogP) is 3.60. The number of para-hydroxylation sites is 1. The van der Waals surface area contributed by atoms with Crippen LogP contribution in [-0.2, 0) is 6.42 Å². The average molecular weight is 253 g/mol. The molecule has 2 aromatic rings. The summed E-state index contributed by atoms with van der Waals surface area (Å²) in [5.74, 6) is 1.33. The van der Waals surface area contributed by atoms with E-state index in [1.165, 1.54) is 0 Å². The monoisotopic (exact) mass is 253 g/mol. The minimum Gasteiger partial charge on any atom is -0.457 e. The van der Waals surface area contributed by atoms with Gasteiger partial charge in [-0.25, -0.2) is 0 Å². The Balaban J connectivity index is 2.19. The number of aliphatic hydroxyl groups excluding tert-OH is 1. The molecule has 1 N–H and O–H groups in total. The second kappa shape index (κ2) is 6.03. The third-order valence-corrected chi connectivity index (χ3v) is 2.80. The van der Waals surface area contributed by atoms with Gasteiger partial charge in [0, 0.05) is 5.56 Å². The molecule has 3 nitrogen and oxygen atoms in total. The van der Waals surface area contributed by atoms with Gasteiger partial charge in [-0.3, -0.25) is 0 Å². The second-order valence-electron chi connectivity index (χ2n) is 4.29. The van der Waals surface area contributed by atoms with Crippen molar-refractivity contribution in [2.75, 3.05) is 0 Å².